The first-order valence-corrected chi connectivity index (χ1v) is 8.05. The summed E-state index contributed by atoms with van der Waals surface area (Å²) in [7, 11) is 1.59. The molecule has 6 nitrogen and oxygen atoms in total. The number of methoxy groups -OCH3 is 1. The summed E-state index contributed by atoms with van der Waals surface area (Å²) in [6, 6.07) is 10.8. The maximum absolute atomic E-state index is 12.0. The van der Waals surface area contributed by atoms with E-state index in [1.807, 2.05) is 17.5 Å². The number of aromatic nitrogens is 2. The Bertz CT molecular complexity index is 803. The van der Waals surface area contributed by atoms with Crippen LogP contribution in [0.15, 0.2) is 54.2 Å². The van der Waals surface area contributed by atoms with Gasteiger partial charge < -0.3 is 9.47 Å². The number of hydrogen-bond donors (Lipinski definition) is 1. The topological polar surface area (TPSA) is 73.3 Å². The minimum atomic E-state index is -0.263. The van der Waals surface area contributed by atoms with Crippen molar-refractivity contribution >= 4 is 22.4 Å². The molecule has 1 aromatic carbocycles. The molecule has 0 radical (unpaired) electrons. The SMILES string of the molecule is COc1ccc(OCC(=O)Nc2nc(-c3ccncc3)cs2)cc1. The molecule has 0 bridgehead atoms. The number of benzene rings is 1. The molecule has 24 heavy (non-hydrogen) atoms. The third kappa shape index (κ3) is 4.08. The summed E-state index contributed by atoms with van der Waals surface area (Å²) in [5, 5.41) is 5.14. The fourth-order valence-corrected chi connectivity index (χ4v) is 2.70. The lowest BCUT2D eigenvalue weighted by atomic mass is 10.2. The number of thiazole rings is 1. The number of nitrogens with one attached hydrogen (secondary N) is 1. The first-order valence-electron chi connectivity index (χ1n) is 7.17. The van der Waals surface area contributed by atoms with Gasteiger partial charge in [0.15, 0.2) is 11.7 Å². The van der Waals surface area contributed by atoms with E-state index in [2.05, 4.69) is 15.3 Å². The van der Waals surface area contributed by atoms with E-state index in [-0.39, 0.29) is 12.5 Å². The van der Waals surface area contributed by atoms with Crippen molar-refractivity contribution in [2.75, 3.05) is 19.0 Å². The Kier molecular flexibility index (Phi) is 5.02. The molecule has 7 heteroatoms. The van der Waals surface area contributed by atoms with E-state index in [0.717, 1.165) is 17.0 Å². The number of amides is 1. The number of nitrogens with zero attached hydrogens (tertiary/aromatic N) is 2. The van der Waals surface area contributed by atoms with Crippen molar-refractivity contribution in [3.8, 4) is 22.8 Å². The van der Waals surface area contributed by atoms with E-state index < -0.39 is 0 Å². The fourth-order valence-electron chi connectivity index (χ4n) is 1.96. The van der Waals surface area contributed by atoms with Crippen LogP contribution in [-0.4, -0.2) is 29.6 Å². The molecule has 0 unspecified atom stereocenters. The highest BCUT2D eigenvalue weighted by molar-refractivity contribution is 7.14. The molecule has 0 aliphatic carbocycles. The molecule has 0 fully saturated rings. The Hall–Kier alpha value is -2.93. The number of pyridine rings is 1. The predicted octanol–water partition coefficient (Wildman–Crippen LogP) is 3.23. The molecule has 0 spiro atoms. The molecule has 2 heterocycles. The summed E-state index contributed by atoms with van der Waals surface area (Å²) in [6.45, 7) is -0.0868. The van der Waals surface area contributed by atoms with Gasteiger partial charge in [0.1, 0.15) is 11.5 Å². The first kappa shape index (κ1) is 15.9. The summed E-state index contributed by atoms with van der Waals surface area (Å²) in [4.78, 5) is 20.3. The van der Waals surface area contributed by atoms with Gasteiger partial charge in [-0.3, -0.25) is 15.1 Å². The smallest absolute Gasteiger partial charge is 0.264 e. The summed E-state index contributed by atoms with van der Waals surface area (Å²) in [5.74, 6) is 1.07. The highest BCUT2D eigenvalue weighted by atomic mass is 32.1. The summed E-state index contributed by atoms with van der Waals surface area (Å²) < 4.78 is 10.5. The molecule has 0 atom stereocenters. The van der Waals surface area contributed by atoms with E-state index in [1.54, 1.807) is 43.8 Å². The Balaban J connectivity index is 1.54. The van der Waals surface area contributed by atoms with Crippen molar-refractivity contribution in [1.29, 1.82) is 0 Å². The summed E-state index contributed by atoms with van der Waals surface area (Å²) >= 11 is 1.36. The molecule has 1 N–H and O–H groups in total. The lowest BCUT2D eigenvalue weighted by Crippen LogP contribution is -2.20. The van der Waals surface area contributed by atoms with Crippen molar-refractivity contribution in [2.45, 2.75) is 0 Å². The van der Waals surface area contributed by atoms with Crippen LogP contribution in [0.1, 0.15) is 0 Å². The molecular formula is C17H15N3O3S. The van der Waals surface area contributed by atoms with Crippen molar-refractivity contribution in [3.05, 3.63) is 54.2 Å². The molecule has 2 aromatic heterocycles. The van der Waals surface area contributed by atoms with Crippen molar-refractivity contribution < 1.29 is 14.3 Å². The molecule has 0 saturated heterocycles. The van der Waals surface area contributed by atoms with Crippen LogP contribution in [0.25, 0.3) is 11.3 Å². The van der Waals surface area contributed by atoms with Gasteiger partial charge in [0.05, 0.1) is 12.8 Å². The quantitative estimate of drug-likeness (QED) is 0.745. The van der Waals surface area contributed by atoms with Crippen molar-refractivity contribution in [3.63, 3.8) is 0 Å². The van der Waals surface area contributed by atoms with E-state index in [0.29, 0.717) is 10.9 Å². The average molecular weight is 341 g/mol. The molecule has 0 saturated carbocycles. The maximum Gasteiger partial charge on any atom is 0.264 e. The van der Waals surface area contributed by atoms with Crippen LogP contribution in [-0.2, 0) is 4.79 Å². The van der Waals surface area contributed by atoms with Crippen LogP contribution in [0.3, 0.4) is 0 Å². The number of anilines is 1. The van der Waals surface area contributed by atoms with Crippen LogP contribution in [0, 0.1) is 0 Å². The molecule has 3 rings (SSSR count). The highest BCUT2D eigenvalue weighted by Crippen LogP contribution is 2.24. The molecule has 1 amide bonds. The number of carbonyl (C=O) groups is 1. The second-order valence-electron chi connectivity index (χ2n) is 4.79. The monoisotopic (exact) mass is 341 g/mol. The van der Waals surface area contributed by atoms with Crippen molar-refractivity contribution in [1.82, 2.24) is 9.97 Å². The minimum absolute atomic E-state index is 0.0868. The maximum atomic E-state index is 12.0. The second-order valence-corrected chi connectivity index (χ2v) is 5.64. The lowest BCUT2D eigenvalue weighted by molar-refractivity contribution is -0.118. The Labute approximate surface area is 143 Å². The fraction of sp³-hybridized carbons (Fsp3) is 0.118. The van der Waals surface area contributed by atoms with Crippen LogP contribution in [0.5, 0.6) is 11.5 Å². The van der Waals surface area contributed by atoms with Gasteiger partial charge >= 0.3 is 0 Å². The number of hydrogen-bond acceptors (Lipinski definition) is 6. The van der Waals surface area contributed by atoms with Gasteiger partial charge in [0, 0.05) is 23.3 Å². The van der Waals surface area contributed by atoms with Crippen LogP contribution >= 0.6 is 11.3 Å². The molecule has 122 valence electrons. The van der Waals surface area contributed by atoms with Gasteiger partial charge in [0.25, 0.3) is 5.91 Å². The third-order valence-electron chi connectivity index (χ3n) is 3.16. The van der Waals surface area contributed by atoms with E-state index in [1.165, 1.54) is 11.3 Å². The standard InChI is InChI=1S/C17H15N3O3S/c1-22-13-2-4-14(5-3-13)23-10-16(21)20-17-19-15(11-24-17)12-6-8-18-9-7-12/h2-9,11H,10H2,1H3,(H,19,20,21). The van der Waals surface area contributed by atoms with Gasteiger partial charge in [-0.1, -0.05) is 0 Å². The minimum Gasteiger partial charge on any atom is -0.497 e. The van der Waals surface area contributed by atoms with Crippen LogP contribution < -0.4 is 14.8 Å². The molecular weight excluding hydrogens is 326 g/mol. The largest absolute Gasteiger partial charge is 0.497 e. The van der Waals surface area contributed by atoms with Gasteiger partial charge in [0.2, 0.25) is 0 Å². The number of carbonyl (C=O) groups excluding carboxylic acids is 1. The highest BCUT2D eigenvalue weighted by Gasteiger charge is 2.09. The third-order valence-corrected chi connectivity index (χ3v) is 3.91. The zero-order valence-corrected chi connectivity index (χ0v) is 13.7. The van der Waals surface area contributed by atoms with E-state index in [4.69, 9.17) is 9.47 Å². The lowest BCUT2D eigenvalue weighted by Gasteiger charge is -2.06. The number of ether oxygens (including phenoxy) is 2. The molecule has 0 aliphatic heterocycles. The van der Waals surface area contributed by atoms with Gasteiger partial charge in [-0.2, -0.15) is 0 Å². The Morgan fingerprint density at radius 3 is 2.54 bits per heavy atom. The van der Waals surface area contributed by atoms with Gasteiger partial charge in [-0.05, 0) is 36.4 Å². The van der Waals surface area contributed by atoms with Crippen LogP contribution in [0.4, 0.5) is 5.13 Å². The van der Waals surface area contributed by atoms with Crippen LogP contribution in [0.2, 0.25) is 0 Å². The Morgan fingerprint density at radius 2 is 1.83 bits per heavy atom. The molecule has 3 aromatic rings. The summed E-state index contributed by atoms with van der Waals surface area (Å²) in [5.41, 5.74) is 1.75. The zero-order valence-electron chi connectivity index (χ0n) is 12.9. The van der Waals surface area contributed by atoms with Gasteiger partial charge in [-0.25, -0.2) is 4.98 Å². The zero-order chi connectivity index (χ0) is 16.8. The van der Waals surface area contributed by atoms with Gasteiger partial charge in [-0.15, -0.1) is 11.3 Å². The number of rotatable bonds is 6. The first-order chi connectivity index (χ1) is 11.7. The molecule has 0 aliphatic rings. The normalized spacial score (nSPS) is 10.2. The van der Waals surface area contributed by atoms with E-state index >= 15 is 0 Å². The van der Waals surface area contributed by atoms with Crippen molar-refractivity contribution in [2.24, 2.45) is 0 Å². The average Bonchev–Trinajstić information content (AvgIpc) is 3.09. The van der Waals surface area contributed by atoms with E-state index in [9.17, 15) is 4.79 Å². The predicted molar refractivity (Wildman–Crippen MR) is 92.5 cm³/mol. The summed E-state index contributed by atoms with van der Waals surface area (Å²) in [6.07, 6.45) is 3.41. The second kappa shape index (κ2) is 7.56. The Morgan fingerprint density at radius 1 is 1.12 bits per heavy atom.